The molecular formula is C43H44N8O4. The highest BCUT2D eigenvalue weighted by molar-refractivity contribution is 5.90. The van der Waals surface area contributed by atoms with Crippen molar-refractivity contribution in [3.63, 3.8) is 0 Å². The average molecular weight is 737 g/mol. The third-order valence-electron chi connectivity index (χ3n) is 11.1. The van der Waals surface area contributed by atoms with Crippen LogP contribution >= 0.6 is 0 Å². The van der Waals surface area contributed by atoms with E-state index < -0.39 is 5.97 Å². The lowest BCUT2D eigenvalue weighted by Crippen LogP contribution is -2.35. The van der Waals surface area contributed by atoms with E-state index in [2.05, 4.69) is 53.2 Å². The number of hydrogen-bond acceptors (Lipinski definition) is 11. The van der Waals surface area contributed by atoms with Crippen LogP contribution in [0.1, 0.15) is 59.8 Å². The van der Waals surface area contributed by atoms with E-state index in [0.29, 0.717) is 85.9 Å². The summed E-state index contributed by atoms with van der Waals surface area (Å²) in [6.07, 6.45) is 4.31. The van der Waals surface area contributed by atoms with Gasteiger partial charge in [0.05, 0.1) is 23.1 Å². The summed E-state index contributed by atoms with van der Waals surface area (Å²) >= 11 is 0. The average Bonchev–Trinajstić information content (AvgIpc) is 3.81. The van der Waals surface area contributed by atoms with E-state index in [1.165, 1.54) is 0 Å². The first-order valence-electron chi connectivity index (χ1n) is 19.0. The molecule has 8 rings (SSSR count). The van der Waals surface area contributed by atoms with E-state index in [4.69, 9.17) is 24.4 Å². The lowest BCUT2D eigenvalue weighted by molar-refractivity contribution is -0.143. The largest absolute Gasteiger partial charge is 0.481 e. The number of hydrogen-bond donors (Lipinski definition) is 3. The maximum Gasteiger partial charge on any atom is 0.306 e. The molecule has 0 radical (unpaired) electrons. The minimum absolute atomic E-state index is 0.272. The monoisotopic (exact) mass is 736 g/mol. The molecule has 12 heteroatoms. The molecule has 0 aliphatic carbocycles. The Hall–Kier alpha value is -5.74. The standard InChI is InChI=1S/C43H44N8O4/c1-4-38-46-36-19-28(23-51-16-13-31(52)24-51)21-45-39(36)41(49-38)47-35-10-6-8-33(26(35)3)32-7-5-9-34(25(32)2)42-48-37-18-27(17-30(20-44)40(37)55-42)22-50-14-11-29(12-15-50)43(53)54/h5-10,17-19,21,29,31,52H,4,11-16,22-24H2,1-3H3,(H,53,54)(H,46,47,49)/t31-/m1/s1. The number of nitriles is 1. The minimum Gasteiger partial charge on any atom is -0.481 e. The molecular weight excluding hydrogens is 693 g/mol. The number of aryl methyl sites for hydroxylation is 1. The predicted molar refractivity (Wildman–Crippen MR) is 211 cm³/mol. The van der Waals surface area contributed by atoms with Gasteiger partial charge in [0.25, 0.3) is 0 Å². The number of carboxylic acid groups (broad SMARTS) is 1. The third kappa shape index (κ3) is 7.38. The van der Waals surface area contributed by atoms with Gasteiger partial charge in [0, 0.05) is 50.0 Å². The van der Waals surface area contributed by atoms with E-state index in [-0.39, 0.29) is 12.0 Å². The van der Waals surface area contributed by atoms with Crippen molar-refractivity contribution >= 4 is 39.6 Å². The van der Waals surface area contributed by atoms with Crippen molar-refractivity contribution in [2.45, 2.75) is 65.6 Å². The number of aliphatic carboxylic acids is 1. The van der Waals surface area contributed by atoms with Crippen molar-refractivity contribution in [3.05, 3.63) is 94.4 Å². The first-order valence-corrected chi connectivity index (χ1v) is 19.0. The van der Waals surface area contributed by atoms with Crippen LogP contribution in [0, 0.1) is 31.1 Å². The van der Waals surface area contributed by atoms with Crippen LogP contribution in [0.5, 0.6) is 0 Å². The summed E-state index contributed by atoms with van der Waals surface area (Å²) in [5, 5.41) is 33.0. The number of aliphatic hydroxyl groups is 1. The van der Waals surface area contributed by atoms with E-state index >= 15 is 0 Å². The molecule has 2 saturated heterocycles. The van der Waals surface area contributed by atoms with Crippen LogP contribution in [-0.2, 0) is 24.3 Å². The number of oxazole rings is 1. The Labute approximate surface area is 319 Å². The molecule has 6 aromatic rings. The first kappa shape index (κ1) is 36.2. The van der Waals surface area contributed by atoms with Crippen molar-refractivity contribution in [2.24, 2.45) is 5.92 Å². The maximum absolute atomic E-state index is 11.4. The number of carboxylic acids is 1. The third-order valence-corrected chi connectivity index (χ3v) is 11.1. The van der Waals surface area contributed by atoms with Gasteiger partial charge >= 0.3 is 5.97 Å². The Morgan fingerprint density at radius 1 is 0.909 bits per heavy atom. The number of carbonyl (C=O) groups is 1. The molecule has 0 amide bonds. The van der Waals surface area contributed by atoms with Gasteiger partial charge in [-0.15, -0.1) is 0 Å². The van der Waals surface area contributed by atoms with Crippen LogP contribution in [-0.4, -0.2) is 78.2 Å². The van der Waals surface area contributed by atoms with Gasteiger partial charge in [0.15, 0.2) is 11.4 Å². The van der Waals surface area contributed by atoms with Gasteiger partial charge in [-0.2, -0.15) is 5.26 Å². The molecule has 2 fully saturated rings. The van der Waals surface area contributed by atoms with Crippen molar-refractivity contribution in [1.29, 1.82) is 5.26 Å². The second-order valence-corrected chi connectivity index (χ2v) is 14.8. The van der Waals surface area contributed by atoms with Gasteiger partial charge < -0.3 is 19.9 Å². The summed E-state index contributed by atoms with van der Waals surface area (Å²) < 4.78 is 6.32. The fourth-order valence-corrected chi connectivity index (χ4v) is 7.98. The molecule has 0 spiro atoms. The van der Waals surface area contributed by atoms with E-state index in [1.54, 1.807) is 0 Å². The van der Waals surface area contributed by atoms with E-state index in [0.717, 1.165) is 68.9 Å². The molecule has 55 heavy (non-hydrogen) atoms. The van der Waals surface area contributed by atoms with Crippen LogP contribution in [0.2, 0.25) is 0 Å². The van der Waals surface area contributed by atoms with Crippen molar-refractivity contribution in [3.8, 4) is 28.7 Å². The molecule has 2 aliphatic rings. The Morgan fingerprint density at radius 3 is 2.35 bits per heavy atom. The quantitative estimate of drug-likeness (QED) is 0.130. The molecule has 3 aromatic heterocycles. The summed E-state index contributed by atoms with van der Waals surface area (Å²) in [5.74, 6) is 0.803. The van der Waals surface area contributed by atoms with Crippen LogP contribution in [0.15, 0.2) is 65.2 Å². The number of β-amino-alcohol motifs (C(OH)–C–C–N with tert-alkyl or cyclic N) is 1. The maximum atomic E-state index is 11.4. The number of anilines is 2. The molecule has 5 heterocycles. The topological polar surface area (TPSA) is 165 Å². The zero-order chi connectivity index (χ0) is 38.2. The fourth-order valence-electron chi connectivity index (χ4n) is 7.98. The van der Waals surface area contributed by atoms with E-state index in [9.17, 15) is 20.3 Å². The normalized spacial score (nSPS) is 16.9. The summed E-state index contributed by atoms with van der Waals surface area (Å²) in [5.41, 5.74) is 10.8. The summed E-state index contributed by atoms with van der Waals surface area (Å²) in [7, 11) is 0. The number of pyridine rings is 1. The lowest BCUT2D eigenvalue weighted by atomic mass is 9.93. The van der Waals surface area contributed by atoms with Gasteiger partial charge in [0.2, 0.25) is 5.89 Å². The highest BCUT2D eigenvalue weighted by Crippen LogP contribution is 2.38. The van der Waals surface area contributed by atoms with Crippen LogP contribution < -0.4 is 5.32 Å². The van der Waals surface area contributed by atoms with Gasteiger partial charge in [-0.05, 0) is 110 Å². The molecule has 3 aromatic carbocycles. The number of likely N-dealkylation sites (tertiary alicyclic amines) is 2. The number of aliphatic hydroxyl groups excluding tert-OH is 1. The summed E-state index contributed by atoms with van der Waals surface area (Å²) in [6.45, 7) is 10.5. The highest BCUT2D eigenvalue weighted by atomic mass is 16.4. The molecule has 280 valence electrons. The number of rotatable bonds is 10. The first-order chi connectivity index (χ1) is 26.7. The number of fused-ring (bicyclic) bond motifs is 2. The second-order valence-electron chi connectivity index (χ2n) is 14.8. The molecule has 12 nitrogen and oxygen atoms in total. The molecule has 3 N–H and O–H groups in total. The van der Waals surface area contributed by atoms with Gasteiger partial charge in [0.1, 0.15) is 22.9 Å². The van der Waals surface area contributed by atoms with Crippen molar-refractivity contribution in [1.82, 2.24) is 29.7 Å². The number of benzene rings is 3. The SMILES string of the molecule is CCc1nc(Nc2cccc(-c3cccc(-c4nc5cc(CN6CCC(C(=O)O)CC6)cc(C#N)c5o4)c3C)c2C)c2ncc(CN3CC[C@@H](O)C3)cc2n1. The highest BCUT2D eigenvalue weighted by Gasteiger charge is 2.26. The summed E-state index contributed by atoms with van der Waals surface area (Å²) in [6, 6.07) is 20.5. The molecule has 0 saturated carbocycles. The fraction of sp³-hybridized carbons (Fsp3) is 0.349. The zero-order valence-corrected chi connectivity index (χ0v) is 31.3. The molecule has 0 unspecified atom stereocenters. The molecule has 2 aliphatic heterocycles. The van der Waals surface area contributed by atoms with Crippen molar-refractivity contribution in [2.75, 3.05) is 31.5 Å². The zero-order valence-electron chi connectivity index (χ0n) is 31.3. The molecule has 1 atom stereocenters. The van der Waals surface area contributed by atoms with Crippen molar-refractivity contribution < 1.29 is 19.4 Å². The second kappa shape index (κ2) is 15.2. The predicted octanol–water partition coefficient (Wildman–Crippen LogP) is 7.16. The molecule has 0 bridgehead atoms. The smallest absolute Gasteiger partial charge is 0.306 e. The van der Waals surface area contributed by atoms with Gasteiger partial charge in [-0.1, -0.05) is 31.2 Å². The van der Waals surface area contributed by atoms with Gasteiger partial charge in [-0.3, -0.25) is 19.6 Å². The Kier molecular flexibility index (Phi) is 10.0. The Morgan fingerprint density at radius 2 is 1.62 bits per heavy atom. The lowest BCUT2D eigenvalue weighted by Gasteiger charge is -2.30. The summed E-state index contributed by atoms with van der Waals surface area (Å²) in [4.78, 5) is 35.3. The minimum atomic E-state index is -0.730. The van der Waals surface area contributed by atoms with Gasteiger partial charge in [-0.25, -0.2) is 15.0 Å². The van der Waals surface area contributed by atoms with Crippen LogP contribution in [0.3, 0.4) is 0 Å². The Bertz CT molecular complexity index is 2460. The number of aromatic nitrogens is 4. The Balaban J connectivity index is 1.07. The number of nitrogens with one attached hydrogen (secondary N) is 1. The van der Waals surface area contributed by atoms with Crippen LogP contribution in [0.4, 0.5) is 11.5 Å². The number of nitrogens with zero attached hydrogens (tertiary/aromatic N) is 7. The number of piperidine rings is 1. The van der Waals surface area contributed by atoms with Crippen LogP contribution in [0.25, 0.3) is 44.7 Å². The van der Waals surface area contributed by atoms with E-state index in [1.807, 2.05) is 49.5 Å².